The zero-order valence-corrected chi connectivity index (χ0v) is 6.38. The van der Waals surface area contributed by atoms with Gasteiger partial charge in [0, 0.05) is 23.0 Å². The normalized spacial score (nSPS) is 10.0. The van der Waals surface area contributed by atoms with E-state index in [4.69, 9.17) is 9.15 Å². The first kappa shape index (κ1) is 6.70. The molecule has 0 aliphatic heterocycles. The third-order valence-electron chi connectivity index (χ3n) is 0.710. The second kappa shape index (κ2) is 2.93. The third-order valence-corrected chi connectivity index (χ3v) is 1.03. The van der Waals surface area contributed by atoms with Crippen LogP contribution in [-0.4, -0.2) is 17.3 Å². The first-order chi connectivity index (χ1) is 4.33. The Balaban J connectivity index is 2.61. The monoisotopic (exact) mass is 192 g/mol. The van der Waals surface area contributed by atoms with Gasteiger partial charge in [-0.25, -0.2) is 0 Å². The molecule has 4 nitrogen and oxygen atoms in total. The van der Waals surface area contributed by atoms with Gasteiger partial charge in [-0.1, -0.05) is 0 Å². The van der Waals surface area contributed by atoms with Crippen LogP contribution in [0, 0.1) is 0 Å². The fourth-order valence-electron chi connectivity index (χ4n) is 0.415. The summed E-state index contributed by atoms with van der Waals surface area (Å²) in [6, 6.07) is 0. The highest BCUT2D eigenvalue weighted by Gasteiger charge is 1.99. The predicted molar refractivity (Wildman–Crippen MR) is 32.7 cm³/mol. The molecule has 1 rings (SSSR count). The lowest BCUT2D eigenvalue weighted by Crippen LogP contribution is -1.85. The maximum atomic E-state index is 4.89. The molecule has 0 fully saturated rings. The summed E-state index contributed by atoms with van der Waals surface area (Å²) < 4.78 is 9.62. The van der Waals surface area contributed by atoms with Crippen molar-refractivity contribution in [2.45, 2.75) is 6.61 Å². The molecule has 50 valence electrons. The highest BCUT2D eigenvalue weighted by atomic mass is 79.9. The molecule has 0 aromatic carbocycles. The minimum Gasteiger partial charge on any atom is -0.413 e. The van der Waals surface area contributed by atoms with Crippen molar-refractivity contribution in [3.8, 4) is 0 Å². The second-order valence-electron chi connectivity index (χ2n) is 1.38. The summed E-state index contributed by atoms with van der Waals surface area (Å²) in [5, 5.41) is 7.17. The molecule has 0 spiro atoms. The van der Waals surface area contributed by atoms with Crippen molar-refractivity contribution in [3.63, 3.8) is 0 Å². The zero-order chi connectivity index (χ0) is 6.69. The lowest BCUT2D eigenvalue weighted by Gasteiger charge is -1.86. The van der Waals surface area contributed by atoms with Gasteiger partial charge in [0.15, 0.2) is 0 Å². The summed E-state index contributed by atoms with van der Waals surface area (Å²) in [7, 11) is 1.57. The van der Waals surface area contributed by atoms with E-state index < -0.39 is 0 Å². The van der Waals surface area contributed by atoms with E-state index in [1.54, 1.807) is 7.11 Å². The van der Waals surface area contributed by atoms with Crippen LogP contribution in [0.4, 0.5) is 0 Å². The number of halogens is 1. The molecule has 0 saturated heterocycles. The number of nitrogens with zero attached hydrogens (tertiary/aromatic N) is 2. The highest BCUT2D eigenvalue weighted by Crippen LogP contribution is 2.06. The lowest BCUT2D eigenvalue weighted by molar-refractivity contribution is 0.158. The first-order valence-corrected chi connectivity index (χ1v) is 3.09. The highest BCUT2D eigenvalue weighted by molar-refractivity contribution is 9.10. The van der Waals surface area contributed by atoms with Gasteiger partial charge in [0.25, 0.3) is 4.80 Å². The van der Waals surface area contributed by atoms with Crippen molar-refractivity contribution in [2.75, 3.05) is 7.11 Å². The average Bonchev–Trinajstić information content (AvgIpc) is 2.17. The van der Waals surface area contributed by atoms with Crippen molar-refractivity contribution in [1.29, 1.82) is 0 Å². The Morgan fingerprint density at radius 1 is 1.67 bits per heavy atom. The fraction of sp³-hybridized carbons (Fsp3) is 0.500. The summed E-state index contributed by atoms with van der Waals surface area (Å²) in [5.74, 6) is 0.476. The first-order valence-electron chi connectivity index (χ1n) is 2.29. The number of methoxy groups -OCH3 is 1. The molecule has 0 bridgehead atoms. The maximum Gasteiger partial charge on any atom is 0.284 e. The summed E-state index contributed by atoms with van der Waals surface area (Å²) >= 11 is 3.01. The largest absolute Gasteiger partial charge is 0.413 e. The summed E-state index contributed by atoms with van der Waals surface area (Å²) in [5.41, 5.74) is 0. The molecule has 5 heteroatoms. The Labute approximate surface area is 60.3 Å². The van der Waals surface area contributed by atoms with Gasteiger partial charge in [-0.3, -0.25) is 0 Å². The van der Waals surface area contributed by atoms with Gasteiger partial charge >= 0.3 is 0 Å². The van der Waals surface area contributed by atoms with Crippen LogP contribution < -0.4 is 0 Å². The Hall–Kier alpha value is -0.420. The molecule has 0 atom stereocenters. The van der Waals surface area contributed by atoms with Crippen LogP contribution in [0.15, 0.2) is 9.22 Å². The number of hydrogen-bond donors (Lipinski definition) is 0. The SMILES string of the molecule is COCc1nnc(Br)o1. The molecule has 0 unspecified atom stereocenters. The Morgan fingerprint density at radius 3 is 2.89 bits per heavy atom. The molecule has 0 aliphatic carbocycles. The van der Waals surface area contributed by atoms with Gasteiger partial charge in [0.2, 0.25) is 5.89 Å². The fourth-order valence-corrected chi connectivity index (χ4v) is 0.681. The van der Waals surface area contributed by atoms with E-state index in [1.165, 1.54) is 0 Å². The van der Waals surface area contributed by atoms with Crippen LogP contribution in [-0.2, 0) is 11.3 Å². The summed E-state index contributed by atoms with van der Waals surface area (Å²) in [6.07, 6.45) is 0. The van der Waals surface area contributed by atoms with E-state index in [1.807, 2.05) is 0 Å². The van der Waals surface area contributed by atoms with E-state index >= 15 is 0 Å². The van der Waals surface area contributed by atoms with Crippen LogP contribution in [0.2, 0.25) is 0 Å². The van der Waals surface area contributed by atoms with Crippen molar-refractivity contribution in [1.82, 2.24) is 10.2 Å². The predicted octanol–water partition coefficient (Wildman–Crippen LogP) is 0.979. The molecule has 0 N–H and O–H groups in total. The zero-order valence-electron chi connectivity index (χ0n) is 4.80. The van der Waals surface area contributed by atoms with Gasteiger partial charge in [-0.2, -0.15) is 0 Å². The Morgan fingerprint density at radius 2 is 2.44 bits per heavy atom. The van der Waals surface area contributed by atoms with Crippen LogP contribution >= 0.6 is 15.9 Å². The average molecular weight is 193 g/mol. The Bertz CT molecular complexity index is 188. The minimum absolute atomic E-state index is 0.360. The molecule has 0 radical (unpaired) electrons. The van der Waals surface area contributed by atoms with Gasteiger partial charge < -0.3 is 9.15 Å². The summed E-state index contributed by atoms with van der Waals surface area (Å²) in [6.45, 7) is 0.360. The quantitative estimate of drug-likeness (QED) is 0.702. The smallest absolute Gasteiger partial charge is 0.284 e. The minimum atomic E-state index is 0.360. The van der Waals surface area contributed by atoms with Gasteiger partial charge in [-0.15, -0.1) is 10.2 Å². The van der Waals surface area contributed by atoms with Gasteiger partial charge in [0.05, 0.1) is 0 Å². The molecule has 1 aromatic rings. The molecule has 1 heterocycles. The Kier molecular flexibility index (Phi) is 2.18. The van der Waals surface area contributed by atoms with Gasteiger partial charge in [-0.05, 0) is 0 Å². The molecule has 1 aromatic heterocycles. The van der Waals surface area contributed by atoms with Crippen LogP contribution in [0.3, 0.4) is 0 Å². The van der Waals surface area contributed by atoms with E-state index in [0.29, 0.717) is 17.3 Å². The van der Waals surface area contributed by atoms with Crippen LogP contribution in [0.1, 0.15) is 5.89 Å². The van der Waals surface area contributed by atoms with E-state index in [-0.39, 0.29) is 0 Å². The van der Waals surface area contributed by atoms with Crippen LogP contribution in [0.25, 0.3) is 0 Å². The number of rotatable bonds is 2. The van der Waals surface area contributed by atoms with E-state index in [9.17, 15) is 0 Å². The van der Waals surface area contributed by atoms with Crippen molar-refractivity contribution >= 4 is 15.9 Å². The second-order valence-corrected chi connectivity index (χ2v) is 2.06. The van der Waals surface area contributed by atoms with Crippen molar-refractivity contribution in [2.24, 2.45) is 0 Å². The number of hydrogen-bond acceptors (Lipinski definition) is 4. The maximum absolute atomic E-state index is 4.89. The molecule has 0 aliphatic rings. The van der Waals surface area contributed by atoms with E-state index in [2.05, 4.69) is 26.1 Å². The molecular formula is C4H5BrN2O2. The van der Waals surface area contributed by atoms with Crippen molar-refractivity contribution < 1.29 is 9.15 Å². The number of ether oxygens (including phenoxy) is 1. The van der Waals surface area contributed by atoms with Crippen LogP contribution in [0.5, 0.6) is 0 Å². The lowest BCUT2D eigenvalue weighted by atomic mass is 10.7. The summed E-state index contributed by atoms with van der Waals surface area (Å²) in [4.78, 5) is 0.384. The molecule has 0 saturated carbocycles. The van der Waals surface area contributed by atoms with Crippen molar-refractivity contribution in [3.05, 3.63) is 10.7 Å². The molecule has 0 amide bonds. The van der Waals surface area contributed by atoms with Gasteiger partial charge in [0.1, 0.15) is 6.61 Å². The molecular weight excluding hydrogens is 188 g/mol. The topological polar surface area (TPSA) is 48.2 Å². The van der Waals surface area contributed by atoms with E-state index in [0.717, 1.165) is 0 Å². The standard InChI is InChI=1S/C4H5BrN2O2/c1-8-2-3-6-7-4(5)9-3/h2H2,1H3. The number of aromatic nitrogens is 2. The molecule has 9 heavy (non-hydrogen) atoms. The third kappa shape index (κ3) is 1.76.